The Balaban J connectivity index is 2.09. The first-order valence-electron chi connectivity index (χ1n) is 7.17. The monoisotopic (exact) mass is 381 g/mol. The Morgan fingerprint density at radius 2 is 1.68 bits per heavy atom. The molecule has 0 saturated heterocycles. The van der Waals surface area contributed by atoms with Crippen LogP contribution in [0.4, 0.5) is 16.2 Å². The van der Waals surface area contributed by atoms with Crippen molar-refractivity contribution < 1.29 is 18.0 Å². The van der Waals surface area contributed by atoms with Crippen molar-refractivity contribution in [2.24, 2.45) is 0 Å². The predicted octanol–water partition coefficient (Wildman–Crippen LogP) is 2.68. The van der Waals surface area contributed by atoms with E-state index in [1.165, 1.54) is 24.3 Å². The van der Waals surface area contributed by atoms with E-state index in [-0.39, 0.29) is 10.8 Å². The molecule has 0 saturated carbocycles. The number of benzene rings is 2. The van der Waals surface area contributed by atoms with Crippen LogP contribution in [0.2, 0.25) is 0 Å². The number of carbonyl (C=O) groups is 2. The van der Waals surface area contributed by atoms with Crippen molar-refractivity contribution in [2.75, 3.05) is 15.9 Å². The Hall–Kier alpha value is -2.58. The van der Waals surface area contributed by atoms with Gasteiger partial charge in [0, 0.05) is 5.69 Å². The summed E-state index contributed by atoms with van der Waals surface area (Å²) in [5.41, 5.74) is 1.61. The molecule has 0 spiro atoms. The Kier molecular flexibility index (Phi) is 6.00. The van der Waals surface area contributed by atoms with Crippen LogP contribution in [-0.4, -0.2) is 26.2 Å². The number of alkyl halides is 1. The average molecular weight is 382 g/mol. The number of aryl methyl sites for hydroxylation is 1. The van der Waals surface area contributed by atoms with Crippen LogP contribution in [-0.2, 0) is 14.8 Å². The molecule has 132 valence electrons. The van der Waals surface area contributed by atoms with Gasteiger partial charge in [-0.05, 0) is 42.8 Å². The number of imide groups is 1. The van der Waals surface area contributed by atoms with E-state index in [1.807, 2.05) is 11.4 Å². The second-order valence-corrected chi connectivity index (χ2v) is 7.03. The minimum absolute atomic E-state index is 0.0403. The van der Waals surface area contributed by atoms with Crippen molar-refractivity contribution in [1.82, 2.24) is 5.32 Å². The third-order valence-corrected chi connectivity index (χ3v) is 4.81. The molecule has 0 aliphatic rings. The first-order valence-corrected chi connectivity index (χ1v) is 9.19. The summed E-state index contributed by atoms with van der Waals surface area (Å²) in [5.74, 6) is -0.976. The lowest BCUT2D eigenvalue weighted by molar-refractivity contribution is -0.117. The summed E-state index contributed by atoms with van der Waals surface area (Å²) in [6, 6.07) is 11.8. The largest absolute Gasteiger partial charge is 0.325 e. The summed E-state index contributed by atoms with van der Waals surface area (Å²) in [6.07, 6.45) is 0. The third-order valence-electron chi connectivity index (χ3n) is 3.19. The van der Waals surface area contributed by atoms with E-state index < -0.39 is 22.0 Å². The molecule has 7 nitrogen and oxygen atoms in total. The zero-order valence-corrected chi connectivity index (χ0v) is 14.8. The van der Waals surface area contributed by atoms with Gasteiger partial charge in [0.1, 0.15) is 5.88 Å². The van der Waals surface area contributed by atoms with Crippen LogP contribution in [0.15, 0.2) is 53.4 Å². The number of anilines is 2. The fraction of sp³-hybridized carbons (Fsp3) is 0.125. The van der Waals surface area contributed by atoms with E-state index in [9.17, 15) is 18.0 Å². The number of rotatable bonds is 5. The van der Waals surface area contributed by atoms with E-state index >= 15 is 0 Å². The van der Waals surface area contributed by atoms with Gasteiger partial charge in [0.25, 0.3) is 10.0 Å². The highest BCUT2D eigenvalue weighted by Gasteiger charge is 2.15. The number of sulfonamides is 1. The molecule has 0 aliphatic heterocycles. The van der Waals surface area contributed by atoms with Gasteiger partial charge in [0.2, 0.25) is 5.91 Å². The lowest BCUT2D eigenvalue weighted by Crippen LogP contribution is -2.35. The molecule has 0 radical (unpaired) electrons. The van der Waals surface area contributed by atoms with E-state index in [2.05, 4.69) is 10.0 Å². The smallest absolute Gasteiger partial charge is 0.308 e. The lowest BCUT2D eigenvalue weighted by Gasteiger charge is -2.11. The molecule has 25 heavy (non-hydrogen) atoms. The van der Waals surface area contributed by atoms with E-state index in [0.717, 1.165) is 5.56 Å². The SMILES string of the molecule is Cc1ccccc1NS(=O)(=O)c1ccc(NC(=O)NC(=O)CCl)cc1. The predicted molar refractivity (Wildman–Crippen MR) is 96.3 cm³/mol. The number of hydrogen-bond donors (Lipinski definition) is 3. The van der Waals surface area contributed by atoms with E-state index in [4.69, 9.17) is 11.6 Å². The van der Waals surface area contributed by atoms with Gasteiger partial charge in [0.05, 0.1) is 10.6 Å². The quantitative estimate of drug-likeness (QED) is 0.692. The van der Waals surface area contributed by atoms with Crippen LogP contribution in [0, 0.1) is 6.92 Å². The maximum absolute atomic E-state index is 12.4. The van der Waals surface area contributed by atoms with Gasteiger partial charge in [-0.15, -0.1) is 11.6 Å². The van der Waals surface area contributed by atoms with Gasteiger partial charge >= 0.3 is 6.03 Å². The Morgan fingerprint density at radius 3 is 2.28 bits per heavy atom. The van der Waals surface area contributed by atoms with E-state index in [1.54, 1.807) is 25.1 Å². The standard InChI is InChI=1S/C16H16ClN3O4S/c1-11-4-2-3-5-14(11)20-25(23,24)13-8-6-12(7-9-13)18-16(22)19-15(21)10-17/h2-9,20H,10H2,1H3,(H2,18,19,21,22). The topological polar surface area (TPSA) is 104 Å². The molecule has 0 aromatic heterocycles. The van der Waals surface area contributed by atoms with Gasteiger partial charge < -0.3 is 5.32 Å². The average Bonchev–Trinajstić information content (AvgIpc) is 2.57. The van der Waals surface area contributed by atoms with Crippen LogP contribution in [0.1, 0.15) is 5.56 Å². The van der Waals surface area contributed by atoms with Crippen molar-refractivity contribution in [3.05, 3.63) is 54.1 Å². The zero-order valence-electron chi connectivity index (χ0n) is 13.2. The molecule has 0 aliphatic carbocycles. The Bertz CT molecular complexity index is 883. The number of para-hydroxylation sites is 1. The summed E-state index contributed by atoms with van der Waals surface area (Å²) in [7, 11) is -3.75. The number of halogens is 1. The number of hydrogen-bond acceptors (Lipinski definition) is 4. The molecule has 3 amide bonds. The first kappa shape index (κ1) is 18.8. The zero-order chi connectivity index (χ0) is 18.4. The molecule has 0 heterocycles. The van der Waals surface area contributed by atoms with Crippen LogP contribution >= 0.6 is 11.6 Å². The van der Waals surface area contributed by atoms with Gasteiger partial charge in [-0.3, -0.25) is 14.8 Å². The molecule has 0 fully saturated rings. The number of amides is 3. The third kappa shape index (κ3) is 5.20. The molecule has 9 heteroatoms. The van der Waals surface area contributed by atoms with Crippen molar-refractivity contribution in [2.45, 2.75) is 11.8 Å². The summed E-state index contributed by atoms with van der Waals surface area (Å²) < 4.78 is 27.3. The maximum atomic E-state index is 12.4. The molecule has 3 N–H and O–H groups in total. The van der Waals surface area contributed by atoms with Crippen molar-refractivity contribution in [3.8, 4) is 0 Å². The first-order chi connectivity index (χ1) is 11.8. The fourth-order valence-corrected chi connectivity index (χ4v) is 3.13. The Morgan fingerprint density at radius 1 is 1.04 bits per heavy atom. The summed E-state index contributed by atoms with van der Waals surface area (Å²) in [6.45, 7) is 1.80. The minimum atomic E-state index is -3.75. The van der Waals surface area contributed by atoms with Gasteiger partial charge in [-0.25, -0.2) is 13.2 Å². The number of carbonyl (C=O) groups excluding carboxylic acids is 2. The van der Waals surface area contributed by atoms with Crippen molar-refractivity contribution >= 4 is 44.9 Å². The van der Waals surface area contributed by atoms with Gasteiger partial charge in [-0.1, -0.05) is 18.2 Å². The van der Waals surface area contributed by atoms with Crippen LogP contribution in [0.3, 0.4) is 0 Å². The van der Waals surface area contributed by atoms with Crippen LogP contribution in [0.5, 0.6) is 0 Å². The van der Waals surface area contributed by atoms with Crippen molar-refractivity contribution in [1.29, 1.82) is 0 Å². The van der Waals surface area contributed by atoms with Gasteiger partial charge in [-0.2, -0.15) is 0 Å². The number of urea groups is 1. The van der Waals surface area contributed by atoms with Gasteiger partial charge in [0.15, 0.2) is 0 Å². The van der Waals surface area contributed by atoms with E-state index in [0.29, 0.717) is 11.4 Å². The molecule has 0 atom stereocenters. The molecule has 2 aromatic carbocycles. The highest BCUT2D eigenvalue weighted by atomic mass is 35.5. The lowest BCUT2D eigenvalue weighted by atomic mass is 10.2. The number of nitrogens with one attached hydrogen (secondary N) is 3. The van der Waals surface area contributed by atoms with Crippen molar-refractivity contribution in [3.63, 3.8) is 0 Å². The second-order valence-electron chi connectivity index (χ2n) is 5.08. The maximum Gasteiger partial charge on any atom is 0.325 e. The Labute approximate surface area is 150 Å². The molecule has 2 aromatic rings. The highest BCUT2D eigenvalue weighted by Crippen LogP contribution is 2.20. The highest BCUT2D eigenvalue weighted by molar-refractivity contribution is 7.92. The van der Waals surface area contributed by atoms with Crippen LogP contribution < -0.4 is 15.4 Å². The minimum Gasteiger partial charge on any atom is -0.308 e. The fourth-order valence-electron chi connectivity index (χ4n) is 1.93. The second kappa shape index (κ2) is 8.00. The molecular formula is C16H16ClN3O4S. The molecule has 0 unspecified atom stereocenters. The summed E-state index contributed by atoms with van der Waals surface area (Å²) in [5, 5.41) is 4.41. The molecular weight excluding hydrogens is 366 g/mol. The molecule has 0 bridgehead atoms. The molecule has 2 rings (SSSR count). The van der Waals surface area contributed by atoms with Crippen LogP contribution in [0.25, 0.3) is 0 Å². The summed E-state index contributed by atoms with van der Waals surface area (Å²) in [4.78, 5) is 22.6. The normalized spacial score (nSPS) is 10.8. The summed E-state index contributed by atoms with van der Waals surface area (Å²) >= 11 is 5.28.